The summed E-state index contributed by atoms with van der Waals surface area (Å²) in [6.07, 6.45) is 3.51. The van der Waals surface area contributed by atoms with Crippen molar-refractivity contribution in [1.29, 1.82) is 0 Å². The summed E-state index contributed by atoms with van der Waals surface area (Å²) >= 11 is 1.78. The summed E-state index contributed by atoms with van der Waals surface area (Å²) < 4.78 is 1.89. The van der Waals surface area contributed by atoms with E-state index >= 15 is 0 Å². The van der Waals surface area contributed by atoms with E-state index in [0.29, 0.717) is 6.42 Å². The molecular formula is C15H27N3O2S. The van der Waals surface area contributed by atoms with Crippen LogP contribution in [0.15, 0.2) is 11.1 Å². The van der Waals surface area contributed by atoms with Crippen molar-refractivity contribution in [2.75, 3.05) is 12.3 Å². The zero-order valence-corrected chi connectivity index (χ0v) is 14.3. The Morgan fingerprint density at radius 2 is 2.24 bits per heavy atom. The lowest BCUT2D eigenvalue weighted by atomic mass is 9.95. The van der Waals surface area contributed by atoms with Gasteiger partial charge in [-0.15, -0.1) is 11.8 Å². The zero-order chi connectivity index (χ0) is 15.9. The van der Waals surface area contributed by atoms with Crippen molar-refractivity contribution in [1.82, 2.24) is 15.1 Å². The van der Waals surface area contributed by atoms with E-state index in [-0.39, 0.29) is 0 Å². The molecule has 0 aliphatic heterocycles. The van der Waals surface area contributed by atoms with Gasteiger partial charge in [0.15, 0.2) is 0 Å². The Morgan fingerprint density at radius 1 is 1.52 bits per heavy atom. The van der Waals surface area contributed by atoms with Gasteiger partial charge in [0.25, 0.3) is 0 Å². The first-order valence-corrected chi connectivity index (χ1v) is 8.49. The summed E-state index contributed by atoms with van der Waals surface area (Å²) in [7, 11) is 1.95. The number of hydrogen-bond acceptors (Lipinski definition) is 4. The van der Waals surface area contributed by atoms with Crippen molar-refractivity contribution in [2.24, 2.45) is 7.05 Å². The minimum absolute atomic E-state index is 0.660. The summed E-state index contributed by atoms with van der Waals surface area (Å²) in [6, 6.07) is 2.08. The molecular weight excluding hydrogens is 286 g/mol. The second kappa shape index (κ2) is 8.44. The third-order valence-corrected chi connectivity index (χ3v) is 4.69. The predicted octanol–water partition coefficient (Wildman–Crippen LogP) is 2.83. The molecule has 0 aliphatic rings. The number of hydrogen-bond donors (Lipinski definition) is 2. The molecule has 0 saturated carbocycles. The zero-order valence-electron chi connectivity index (χ0n) is 13.5. The highest BCUT2D eigenvalue weighted by Crippen LogP contribution is 2.21. The Kier molecular flexibility index (Phi) is 7.25. The lowest BCUT2D eigenvalue weighted by Crippen LogP contribution is -2.49. The van der Waals surface area contributed by atoms with E-state index in [1.165, 1.54) is 0 Å². The Balaban J connectivity index is 2.31. The normalized spacial score (nSPS) is 14.1. The van der Waals surface area contributed by atoms with Crippen LogP contribution in [-0.2, 0) is 11.8 Å². The summed E-state index contributed by atoms with van der Waals surface area (Å²) in [5.41, 5.74) is 0.228. The van der Waals surface area contributed by atoms with Crippen molar-refractivity contribution < 1.29 is 9.90 Å². The van der Waals surface area contributed by atoms with Crippen molar-refractivity contribution in [3.63, 3.8) is 0 Å². The number of nitrogens with one attached hydrogen (secondary N) is 1. The number of rotatable bonds is 10. The number of carboxylic acids is 1. The third kappa shape index (κ3) is 5.71. The Labute approximate surface area is 131 Å². The van der Waals surface area contributed by atoms with Gasteiger partial charge in [0.05, 0.1) is 10.7 Å². The number of nitrogens with zero attached hydrogens (tertiary/aromatic N) is 2. The van der Waals surface area contributed by atoms with Crippen LogP contribution in [0.2, 0.25) is 0 Å². The monoisotopic (exact) mass is 313 g/mol. The lowest BCUT2D eigenvalue weighted by molar-refractivity contribution is -0.144. The van der Waals surface area contributed by atoms with Crippen molar-refractivity contribution in [3.05, 3.63) is 11.8 Å². The van der Waals surface area contributed by atoms with E-state index in [9.17, 15) is 9.90 Å². The number of carbonyl (C=O) groups is 1. The standard InChI is InChI=1S/C15H27N3O2S/c1-5-9-16-15(3,14(19)20)8-6-7-10-21-13-11-12(2)17-18(13)4/h11,16H,5-10H2,1-4H3,(H,19,20). The molecule has 0 saturated heterocycles. The van der Waals surface area contributed by atoms with E-state index in [0.717, 1.165) is 42.3 Å². The van der Waals surface area contributed by atoms with E-state index in [2.05, 4.69) is 16.5 Å². The molecule has 1 atom stereocenters. The van der Waals surface area contributed by atoms with Crippen LogP contribution in [0, 0.1) is 6.92 Å². The smallest absolute Gasteiger partial charge is 0.323 e. The molecule has 1 aromatic heterocycles. The predicted molar refractivity (Wildman–Crippen MR) is 86.9 cm³/mol. The summed E-state index contributed by atoms with van der Waals surface area (Å²) in [5, 5.41) is 18.0. The second-order valence-corrected chi connectivity index (χ2v) is 6.73. The van der Waals surface area contributed by atoms with Gasteiger partial charge in [-0.2, -0.15) is 5.10 Å². The lowest BCUT2D eigenvalue weighted by Gasteiger charge is -2.26. The third-order valence-electron chi connectivity index (χ3n) is 3.52. The molecule has 5 nitrogen and oxygen atoms in total. The van der Waals surface area contributed by atoms with Gasteiger partial charge in [-0.25, -0.2) is 0 Å². The van der Waals surface area contributed by atoms with Crippen LogP contribution >= 0.6 is 11.8 Å². The van der Waals surface area contributed by atoms with Gasteiger partial charge in [-0.3, -0.25) is 9.48 Å². The Hall–Kier alpha value is -1.01. The number of unbranched alkanes of at least 4 members (excludes halogenated alkanes) is 1. The highest BCUT2D eigenvalue weighted by atomic mass is 32.2. The van der Waals surface area contributed by atoms with Gasteiger partial charge >= 0.3 is 5.97 Å². The van der Waals surface area contributed by atoms with Crippen LogP contribution in [0.1, 0.15) is 45.2 Å². The maximum Gasteiger partial charge on any atom is 0.323 e. The van der Waals surface area contributed by atoms with Crippen LogP contribution in [0.25, 0.3) is 0 Å². The molecule has 120 valence electrons. The molecule has 21 heavy (non-hydrogen) atoms. The molecule has 0 aromatic carbocycles. The molecule has 0 amide bonds. The quantitative estimate of drug-likeness (QED) is 0.513. The van der Waals surface area contributed by atoms with Gasteiger partial charge in [0.2, 0.25) is 0 Å². The van der Waals surface area contributed by atoms with Gasteiger partial charge in [0, 0.05) is 7.05 Å². The van der Waals surface area contributed by atoms with Crippen LogP contribution in [-0.4, -0.2) is 38.7 Å². The molecule has 1 aromatic rings. The molecule has 2 N–H and O–H groups in total. The molecule has 0 aliphatic carbocycles. The fourth-order valence-electron chi connectivity index (χ4n) is 2.15. The minimum atomic E-state index is -0.802. The van der Waals surface area contributed by atoms with E-state index < -0.39 is 11.5 Å². The number of thioether (sulfide) groups is 1. The first kappa shape index (κ1) is 18.0. The van der Waals surface area contributed by atoms with Crippen molar-refractivity contribution >= 4 is 17.7 Å². The minimum Gasteiger partial charge on any atom is -0.480 e. The summed E-state index contributed by atoms with van der Waals surface area (Å²) in [5.74, 6) is 0.230. The number of aryl methyl sites for hydroxylation is 2. The largest absolute Gasteiger partial charge is 0.480 e. The topological polar surface area (TPSA) is 67.2 Å². The molecule has 1 unspecified atom stereocenters. The van der Waals surface area contributed by atoms with E-state index in [4.69, 9.17) is 0 Å². The molecule has 0 fully saturated rings. The number of aromatic nitrogens is 2. The molecule has 1 heterocycles. The van der Waals surface area contributed by atoms with Gasteiger partial charge in [-0.1, -0.05) is 13.3 Å². The highest BCUT2D eigenvalue weighted by molar-refractivity contribution is 7.99. The van der Waals surface area contributed by atoms with Gasteiger partial charge in [0.1, 0.15) is 5.54 Å². The summed E-state index contributed by atoms with van der Waals surface area (Å²) in [6.45, 7) is 6.55. The average Bonchev–Trinajstić information content (AvgIpc) is 2.74. The van der Waals surface area contributed by atoms with Crippen LogP contribution in [0.4, 0.5) is 0 Å². The molecule has 0 bridgehead atoms. The molecule has 6 heteroatoms. The number of carboxylic acid groups (broad SMARTS) is 1. The SMILES string of the molecule is CCCNC(C)(CCCCSc1cc(C)nn1C)C(=O)O. The maximum absolute atomic E-state index is 11.4. The van der Waals surface area contributed by atoms with Crippen LogP contribution in [0.3, 0.4) is 0 Å². The Bertz CT molecular complexity index is 462. The summed E-state index contributed by atoms with van der Waals surface area (Å²) in [4.78, 5) is 11.4. The van der Waals surface area contributed by atoms with E-state index in [1.807, 2.05) is 25.6 Å². The molecule has 1 rings (SSSR count). The van der Waals surface area contributed by atoms with E-state index in [1.54, 1.807) is 18.7 Å². The molecule has 0 spiro atoms. The van der Waals surface area contributed by atoms with Crippen LogP contribution in [0.5, 0.6) is 0 Å². The van der Waals surface area contributed by atoms with Crippen molar-refractivity contribution in [2.45, 2.75) is 57.0 Å². The van der Waals surface area contributed by atoms with Gasteiger partial charge < -0.3 is 10.4 Å². The highest BCUT2D eigenvalue weighted by Gasteiger charge is 2.31. The fraction of sp³-hybridized carbons (Fsp3) is 0.733. The first-order valence-electron chi connectivity index (χ1n) is 7.51. The Morgan fingerprint density at radius 3 is 2.76 bits per heavy atom. The first-order chi connectivity index (χ1) is 9.89. The van der Waals surface area contributed by atoms with Crippen molar-refractivity contribution in [3.8, 4) is 0 Å². The molecule has 0 radical (unpaired) electrons. The second-order valence-electron chi connectivity index (χ2n) is 5.62. The van der Waals surface area contributed by atoms with Crippen LogP contribution < -0.4 is 5.32 Å². The number of aliphatic carboxylic acids is 1. The maximum atomic E-state index is 11.4. The average molecular weight is 313 g/mol. The fourth-order valence-corrected chi connectivity index (χ4v) is 3.19. The van der Waals surface area contributed by atoms with Gasteiger partial charge in [-0.05, 0) is 51.5 Å².